The maximum Gasteiger partial charge on any atom is 0.308 e. The van der Waals surface area contributed by atoms with E-state index in [-0.39, 0.29) is 28.6 Å². The Labute approximate surface area is 176 Å². The van der Waals surface area contributed by atoms with E-state index in [0.717, 1.165) is 42.1 Å². The fourth-order valence-corrected chi connectivity index (χ4v) is 6.22. The molecule has 0 spiro atoms. The van der Waals surface area contributed by atoms with Gasteiger partial charge in [-0.15, -0.1) is 11.3 Å². The van der Waals surface area contributed by atoms with Gasteiger partial charge in [-0.2, -0.15) is 0 Å². The lowest BCUT2D eigenvalue weighted by Gasteiger charge is -2.15. The molecule has 0 aliphatic carbocycles. The first-order chi connectivity index (χ1) is 13.9. The highest BCUT2D eigenvalue weighted by atomic mass is 32.2. The number of thiazole rings is 1. The molecule has 29 heavy (non-hydrogen) atoms. The highest BCUT2D eigenvalue weighted by Gasteiger charge is 2.20. The van der Waals surface area contributed by atoms with Crippen molar-refractivity contribution >= 4 is 48.8 Å². The summed E-state index contributed by atoms with van der Waals surface area (Å²) in [6.45, 7) is 2.11. The van der Waals surface area contributed by atoms with E-state index >= 15 is 0 Å². The van der Waals surface area contributed by atoms with Crippen molar-refractivity contribution in [2.24, 2.45) is 0 Å². The maximum atomic E-state index is 12.6. The molecule has 3 heterocycles. The largest absolute Gasteiger partial charge is 0.343 e. The number of rotatable bonds is 7. The number of aryl methyl sites for hydroxylation is 1. The molecule has 7 nitrogen and oxygen atoms in total. The summed E-state index contributed by atoms with van der Waals surface area (Å²) in [5.41, 5.74) is 0.659. The van der Waals surface area contributed by atoms with E-state index in [0.29, 0.717) is 16.8 Å². The molecule has 154 valence electrons. The Morgan fingerprint density at radius 3 is 2.69 bits per heavy atom. The molecule has 0 saturated carbocycles. The van der Waals surface area contributed by atoms with Gasteiger partial charge in [0.15, 0.2) is 0 Å². The third-order valence-corrected chi connectivity index (χ3v) is 8.19. The number of nitrogens with zero attached hydrogens (tertiary/aromatic N) is 2. The molecule has 1 N–H and O–H groups in total. The van der Waals surface area contributed by atoms with E-state index < -0.39 is 10.0 Å². The molecule has 4 rings (SSSR count). The number of thiophene rings is 1. The third-order valence-electron chi connectivity index (χ3n) is 4.97. The quantitative estimate of drug-likeness (QED) is 0.598. The van der Waals surface area contributed by atoms with Crippen LogP contribution in [-0.2, 0) is 27.9 Å². The predicted octanol–water partition coefficient (Wildman–Crippen LogP) is 2.62. The summed E-state index contributed by atoms with van der Waals surface area (Å²) in [7, 11) is -3.68. The average molecular weight is 452 g/mol. The summed E-state index contributed by atoms with van der Waals surface area (Å²) in [6, 6.07) is 8.41. The minimum atomic E-state index is -3.68. The van der Waals surface area contributed by atoms with Crippen molar-refractivity contribution in [3.05, 3.63) is 50.3 Å². The van der Waals surface area contributed by atoms with Crippen LogP contribution in [0.4, 0.5) is 0 Å². The van der Waals surface area contributed by atoms with E-state index in [2.05, 4.69) is 4.72 Å². The van der Waals surface area contributed by atoms with Crippen LogP contribution >= 0.6 is 22.7 Å². The van der Waals surface area contributed by atoms with E-state index in [1.54, 1.807) is 10.6 Å². The second kappa shape index (κ2) is 8.39. The van der Waals surface area contributed by atoms with Crippen LogP contribution in [0.1, 0.15) is 24.1 Å². The number of aromatic nitrogens is 1. The molecule has 1 aliphatic rings. The molecule has 1 aliphatic heterocycles. The molecule has 1 amide bonds. The van der Waals surface area contributed by atoms with Crippen LogP contribution in [0.15, 0.2) is 45.4 Å². The summed E-state index contributed by atoms with van der Waals surface area (Å²) < 4.78 is 29.9. The van der Waals surface area contributed by atoms with Crippen molar-refractivity contribution in [2.45, 2.75) is 37.2 Å². The van der Waals surface area contributed by atoms with Crippen molar-refractivity contribution in [2.75, 3.05) is 13.1 Å². The first kappa shape index (κ1) is 20.3. The molecule has 2 aromatic heterocycles. The number of hydrogen-bond acceptors (Lipinski definition) is 6. The first-order valence-electron chi connectivity index (χ1n) is 9.37. The second-order valence-electron chi connectivity index (χ2n) is 6.89. The first-order valence-corrected chi connectivity index (χ1v) is 12.6. The van der Waals surface area contributed by atoms with Crippen LogP contribution in [0.3, 0.4) is 0 Å². The van der Waals surface area contributed by atoms with E-state index in [1.807, 2.05) is 22.4 Å². The zero-order valence-corrected chi connectivity index (χ0v) is 18.1. The Morgan fingerprint density at radius 2 is 1.97 bits per heavy atom. The molecule has 0 radical (unpaired) electrons. The number of carbonyl (C=O) groups excluding carboxylic acids is 1. The lowest BCUT2D eigenvalue weighted by Crippen LogP contribution is -2.29. The molecule has 3 aromatic rings. The Morgan fingerprint density at radius 1 is 1.17 bits per heavy atom. The number of carbonyl (C=O) groups is 1. The predicted molar refractivity (Wildman–Crippen MR) is 115 cm³/mol. The van der Waals surface area contributed by atoms with Crippen LogP contribution in [0.25, 0.3) is 10.2 Å². The van der Waals surface area contributed by atoms with Gasteiger partial charge in [0, 0.05) is 37.5 Å². The molecule has 1 saturated heterocycles. The number of hydrogen-bond donors (Lipinski definition) is 1. The number of sulfonamides is 1. The highest BCUT2D eigenvalue weighted by Crippen LogP contribution is 2.23. The van der Waals surface area contributed by atoms with Gasteiger partial charge in [-0.1, -0.05) is 17.4 Å². The Bertz CT molecular complexity index is 1170. The fourth-order valence-electron chi connectivity index (χ4n) is 3.42. The summed E-state index contributed by atoms with van der Waals surface area (Å²) in [6.07, 6.45) is 2.34. The third kappa shape index (κ3) is 4.45. The van der Waals surface area contributed by atoms with Gasteiger partial charge in [-0.3, -0.25) is 14.2 Å². The normalized spacial score (nSPS) is 14.7. The van der Waals surface area contributed by atoms with E-state index in [9.17, 15) is 18.0 Å². The van der Waals surface area contributed by atoms with Gasteiger partial charge < -0.3 is 4.90 Å². The Balaban J connectivity index is 1.51. The van der Waals surface area contributed by atoms with Crippen LogP contribution in [0, 0.1) is 0 Å². The molecule has 10 heteroatoms. The van der Waals surface area contributed by atoms with Crippen molar-refractivity contribution in [1.82, 2.24) is 14.2 Å². The van der Waals surface area contributed by atoms with Crippen molar-refractivity contribution in [3.63, 3.8) is 0 Å². The molecule has 0 atom stereocenters. The summed E-state index contributed by atoms with van der Waals surface area (Å²) in [4.78, 5) is 27.4. The van der Waals surface area contributed by atoms with Crippen LogP contribution in [0.2, 0.25) is 0 Å². The van der Waals surface area contributed by atoms with Crippen LogP contribution in [-0.4, -0.2) is 36.9 Å². The molecule has 1 aromatic carbocycles. The second-order valence-corrected chi connectivity index (χ2v) is 10.7. The summed E-state index contributed by atoms with van der Waals surface area (Å²) in [5.74, 6) is 0.0609. The van der Waals surface area contributed by atoms with Crippen LogP contribution < -0.4 is 9.60 Å². The van der Waals surface area contributed by atoms with Crippen molar-refractivity contribution < 1.29 is 13.2 Å². The maximum absolute atomic E-state index is 12.6. The Kier molecular flexibility index (Phi) is 5.86. The highest BCUT2D eigenvalue weighted by molar-refractivity contribution is 7.89. The summed E-state index contributed by atoms with van der Waals surface area (Å²) in [5, 5.41) is 1.89. The zero-order valence-electron chi connectivity index (χ0n) is 15.7. The molecular weight excluding hydrogens is 430 g/mol. The van der Waals surface area contributed by atoms with Crippen LogP contribution in [0.5, 0.6) is 0 Å². The average Bonchev–Trinajstić information content (AvgIpc) is 3.45. The van der Waals surface area contributed by atoms with E-state index in [4.69, 9.17) is 0 Å². The monoisotopic (exact) mass is 451 g/mol. The van der Waals surface area contributed by atoms with E-state index in [1.165, 1.54) is 23.5 Å². The van der Waals surface area contributed by atoms with Gasteiger partial charge in [0.25, 0.3) is 0 Å². The molecular formula is C19H21N3O4S3. The molecule has 0 bridgehead atoms. The summed E-state index contributed by atoms with van der Waals surface area (Å²) >= 11 is 2.48. The van der Waals surface area contributed by atoms with Crippen molar-refractivity contribution in [3.8, 4) is 0 Å². The number of amides is 1. The zero-order chi connectivity index (χ0) is 20.4. The number of nitrogens with one attached hydrogen (secondary N) is 1. The number of likely N-dealkylation sites (tertiary alicyclic amines) is 1. The standard InChI is InChI=1S/C19H21N3O4S3/c23-18(21-8-1-2-9-21)7-10-22-16-6-5-15(12-17(16)28-19(22)24)29(25,26)20-13-14-4-3-11-27-14/h3-6,11-12,20H,1-2,7-10,13H2. The van der Waals surface area contributed by atoms with Gasteiger partial charge >= 0.3 is 4.87 Å². The number of fused-ring (bicyclic) bond motifs is 1. The lowest BCUT2D eigenvalue weighted by atomic mass is 10.3. The minimum absolute atomic E-state index is 0.0609. The molecule has 1 fully saturated rings. The number of benzene rings is 1. The molecule has 0 unspecified atom stereocenters. The van der Waals surface area contributed by atoms with Gasteiger partial charge in [0.1, 0.15) is 0 Å². The van der Waals surface area contributed by atoms with Gasteiger partial charge in [0.2, 0.25) is 15.9 Å². The topological polar surface area (TPSA) is 88.5 Å². The SMILES string of the molecule is O=C(CCn1c(=O)sc2cc(S(=O)(=O)NCc3cccs3)ccc21)N1CCCC1. The van der Waals surface area contributed by atoms with Crippen molar-refractivity contribution in [1.29, 1.82) is 0 Å². The van der Waals surface area contributed by atoms with Gasteiger partial charge in [-0.05, 0) is 42.5 Å². The van der Waals surface area contributed by atoms with Gasteiger partial charge in [0.05, 0.1) is 15.1 Å². The fraction of sp³-hybridized carbons (Fsp3) is 0.368. The Hall–Kier alpha value is -2.01. The minimum Gasteiger partial charge on any atom is -0.343 e. The smallest absolute Gasteiger partial charge is 0.308 e. The lowest BCUT2D eigenvalue weighted by molar-refractivity contribution is -0.130. The van der Waals surface area contributed by atoms with Gasteiger partial charge in [-0.25, -0.2) is 13.1 Å².